The minimum atomic E-state index is -0.827. The first-order valence-electron chi connectivity index (χ1n) is 8.67. The number of amides is 1. The summed E-state index contributed by atoms with van der Waals surface area (Å²) in [5.41, 5.74) is 6.70. The second-order valence-corrected chi connectivity index (χ2v) is 7.38. The lowest BCUT2D eigenvalue weighted by atomic mass is 10.0. The van der Waals surface area contributed by atoms with E-state index in [9.17, 15) is 13.6 Å². The third kappa shape index (κ3) is 4.84. The molecule has 1 aliphatic heterocycles. The zero-order chi connectivity index (χ0) is 18.5. The molecule has 0 spiro atoms. The number of benzene rings is 1. The lowest BCUT2D eigenvalue weighted by Gasteiger charge is -2.32. The lowest BCUT2D eigenvalue weighted by Crippen LogP contribution is -2.44. The molecule has 5 nitrogen and oxygen atoms in total. The molecule has 1 aromatic carbocycles. The Kier molecular flexibility index (Phi) is 6.29. The van der Waals surface area contributed by atoms with E-state index >= 15 is 0 Å². The van der Waals surface area contributed by atoms with Gasteiger partial charge in [-0.2, -0.15) is 0 Å². The molecule has 2 heterocycles. The third-order valence-corrected chi connectivity index (χ3v) is 5.36. The number of thiazole rings is 1. The Balaban J connectivity index is 1.47. The van der Waals surface area contributed by atoms with E-state index in [0.717, 1.165) is 42.6 Å². The van der Waals surface area contributed by atoms with E-state index in [1.54, 1.807) is 11.4 Å². The normalized spacial score (nSPS) is 16.0. The molecule has 1 aliphatic rings. The fourth-order valence-corrected chi connectivity index (χ4v) is 3.84. The number of nitrogens with zero attached hydrogens (tertiary/aromatic N) is 2. The first kappa shape index (κ1) is 18.9. The summed E-state index contributed by atoms with van der Waals surface area (Å²) in [6, 6.07) is 4.10. The molecule has 1 amide bonds. The molecule has 1 aromatic heterocycles. The van der Waals surface area contributed by atoms with Crippen LogP contribution in [0.5, 0.6) is 0 Å². The van der Waals surface area contributed by atoms with Crippen LogP contribution in [-0.4, -0.2) is 41.5 Å². The predicted molar refractivity (Wildman–Crippen MR) is 97.0 cm³/mol. The van der Waals surface area contributed by atoms with Crippen LogP contribution in [0.1, 0.15) is 33.9 Å². The van der Waals surface area contributed by atoms with Gasteiger partial charge in [-0.25, -0.2) is 13.8 Å². The largest absolute Gasteiger partial charge is 0.348 e. The summed E-state index contributed by atoms with van der Waals surface area (Å²) in [4.78, 5) is 18.8. The van der Waals surface area contributed by atoms with Crippen molar-refractivity contribution in [3.8, 4) is 0 Å². The van der Waals surface area contributed by atoms with Gasteiger partial charge in [0.2, 0.25) is 0 Å². The Labute approximate surface area is 155 Å². The molecule has 0 atom stereocenters. The molecule has 140 valence electrons. The molecule has 1 fully saturated rings. The van der Waals surface area contributed by atoms with E-state index in [2.05, 4.69) is 15.2 Å². The summed E-state index contributed by atoms with van der Waals surface area (Å²) < 4.78 is 26.3. The van der Waals surface area contributed by atoms with Crippen LogP contribution in [-0.2, 0) is 13.0 Å². The molecule has 0 saturated carbocycles. The summed E-state index contributed by atoms with van der Waals surface area (Å²) in [6.07, 6.45) is 2.31. The number of hydrogen-bond acceptors (Lipinski definition) is 5. The number of rotatable bonds is 6. The van der Waals surface area contributed by atoms with Crippen molar-refractivity contribution < 1.29 is 13.6 Å². The van der Waals surface area contributed by atoms with Crippen LogP contribution in [0.2, 0.25) is 0 Å². The van der Waals surface area contributed by atoms with Crippen LogP contribution in [0.4, 0.5) is 8.78 Å². The van der Waals surface area contributed by atoms with Crippen molar-refractivity contribution >= 4 is 17.2 Å². The summed E-state index contributed by atoms with van der Waals surface area (Å²) in [7, 11) is 0. The average Bonchev–Trinajstić information content (AvgIpc) is 3.09. The molecule has 0 aliphatic carbocycles. The topological polar surface area (TPSA) is 71.2 Å². The van der Waals surface area contributed by atoms with Crippen LogP contribution in [0.15, 0.2) is 23.6 Å². The molecular formula is C18H22F2N4OS. The highest BCUT2D eigenvalue weighted by Crippen LogP contribution is 2.17. The fourth-order valence-electron chi connectivity index (χ4n) is 3.04. The molecule has 3 N–H and O–H groups in total. The van der Waals surface area contributed by atoms with Gasteiger partial charge in [-0.05, 0) is 37.1 Å². The minimum absolute atomic E-state index is 0.100. The Morgan fingerprint density at radius 3 is 2.77 bits per heavy atom. The number of halogens is 2. The molecular weight excluding hydrogens is 358 g/mol. The van der Waals surface area contributed by atoms with Gasteiger partial charge in [-0.15, -0.1) is 11.3 Å². The van der Waals surface area contributed by atoms with Gasteiger partial charge in [-0.3, -0.25) is 9.69 Å². The SMILES string of the molecule is NCCc1nc(C(=O)NC2CCN(Cc3ccc(F)c(F)c3)CC2)cs1. The number of aromatic nitrogens is 1. The predicted octanol–water partition coefficient (Wildman–Crippen LogP) is 2.32. The average molecular weight is 380 g/mol. The molecule has 0 radical (unpaired) electrons. The highest BCUT2D eigenvalue weighted by Gasteiger charge is 2.22. The van der Waals surface area contributed by atoms with Crippen LogP contribution >= 0.6 is 11.3 Å². The number of nitrogens with two attached hydrogens (primary N) is 1. The number of carbonyl (C=O) groups is 1. The maximum Gasteiger partial charge on any atom is 0.270 e. The number of hydrogen-bond donors (Lipinski definition) is 2. The molecule has 0 bridgehead atoms. The minimum Gasteiger partial charge on any atom is -0.348 e. The van der Waals surface area contributed by atoms with Crippen molar-refractivity contribution in [3.05, 3.63) is 51.5 Å². The standard InChI is InChI=1S/C18H22F2N4OS/c19-14-2-1-12(9-15(14)20)10-24-7-4-13(5-8-24)22-18(25)16-11-26-17(23-16)3-6-21/h1-2,9,11,13H,3-8,10,21H2,(H,22,25). The second kappa shape index (κ2) is 8.66. The van der Waals surface area contributed by atoms with Crippen molar-refractivity contribution in [2.45, 2.75) is 31.8 Å². The maximum atomic E-state index is 13.3. The first-order chi connectivity index (χ1) is 12.5. The zero-order valence-corrected chi connectivity index (χ0v) is 15.2. The summed E-state index contributed by atoms with van der Waals surface area (Å²) in [5, 5.41) is 5.67. The lowest BCUT2D eigenvalue weighted by molar-refractivity contribution is 0.0904. The van der Waals surface area contributed by atoms with Crippen molar-refractivity contribution in [2.24, 2.45) is 5.73 Å². The van der Waals surface area contributed by atoms with Gasteiger partial charge in [0.1, 0.15) is 5.69 Å². The quantitative estimate of drug-likeness (QED) is 0.807. The highest BCUT2D eigenvalue weighted by molar-refractivity contribution is 7.09. The van der Waals surface area contributed by atoms with E-state index in [0.29, 0.717) is 25.2 Å². The molecule has 26 heavy (non-hydrogen) atoms. The van der Waals surface area contributed by atoms with Gasteiger partial charge in [-0.1, -0.05) is 6.07 Å². The van der Waals surface area contributed by atoms with Gasteiger partial charge in [0.05, 0.1) is 5.01 Å². The molecule has 0 unspecified atom stereocenters. The van der Waals surface area contributed by atoms with Crippen molar-refractivity contribution in [2.75, 3.05) is 19.6 Å². The van der Waals surface area contributed by atoms with Gasteiger partial charge < -0.3 is 11.1 Å². The van der Waals surface area contributed by atoms with Crippen molar-refractivity contribution in [1.29, 1.82) is 0 Å². The maximum absolute atomic E-state index is 13.3. The van der Waals surface area contributed by atoms with Gasteiger partial charge in [0.25, 0.3) is 5.91 Å². The number of nitrogens with one attached hydrogen (secondary N) is 1. The van der Waals surface area contributed by atoms with Gasteiger partial charge in [0.15, 0.2) is 11.6 Å². The van der Waals surface area contributed by atoms with Crippen LogP contribution in [0.3, 0.4) is 0 Å². The van der Waals surface area contributed by atoms with E-state index < -0.39 is 11.6 Å². The van der Waals surface area contributed by atoms with Crippen LogP contribution in [0, 0.1) is 11.6 Å². The number of likely N-dealkylation sites (tertiary alicyclic amines) is 1. The first-order valence-corrected chi connectivity index (χ1v) is 9.54. The van der Waals surface area contributed by atoms with E-state index in [1.807, 2.05) is 0 Å². The molecule has 3 rings (SSSR count). The third-order valence-electron chi connectivity index (χ3n) is 4.46. The van der Waals surface area contributed by atoms with Crippen molar-refractivity contribution in [3.63, 3.8) is 0 Å². The Hall–Kier alpha value is -1.90. The number of piperidine rings is 1. The molecule has 8 heteroatoms. The second-order valence-electron chi connectivity index (χ2n) is 6.44. The smallest absolute Gasteiger partial charge is 0.270 e. The highest BCUT2D eigenvalue weighted by atomic mass is 32.1. The van der Waals surface area contributed by atoms with E-state index in [-0.39, 0.29) is 11.9 Å². The van der Waals surface area contributed by atoms with E-state index in [4.69, 9.17) is 5.73 Å². The summed E-state index contributed by atoms with van der Waals surface area (Å²) in [6.45, 7) is 2.68. The summed E-state index contributed by atoms with van der Waals surface area (Å²) >= 11 is 1.45. The molecule has 1 saturated heterocycles. The Morgan fingerprint density at radius 1 is 1.31 bits per heavy atom. The van der Waals surface area contributed by atoms with Gasteiger partial charge in [0, 0.05) is 37.5 Å². The number of carbonyl (C=O) groups excluding carboxylic acids is 1. The zero-order valence-electron chi connectivity index (χ0n) is 14.4. The molecule has 2 aromatic rings. The Bertz CT molecular complexity index is 759. The fraction of sp³-hybridized carbons (Fsp3) is 0.444. The van der Waals surface area contributed by atoms with E-state index in [1.165, 1.54) is 17.4 Å². The van der Waals surface area contributed by atoms with Crippen LogP contribution in [0.25, 0.3) is 0 Å². The van der Waals surface area contributed by atoms with Crippen LogP contribution < -0.4 is 11.1 Å². The van der Waals surface area contributed by atoms with Crippen molar-refractivity contribution in [1.82, 2.24) is 15.2 Å². The van der Waals surface area contributed by atoms with Gasteiger partial charge >= 0.3 is 0 Å². The summed E-state index contributed by atoms with van der Waals surface area (Å²) in [5.74, 6) is -1.79. The Morgan fingerprint density at radius 2 is 2.08 bits per heavy atom. The monoisotopic (exact) mass is 380 g/mol.